The van der Waals surface area contributed by atoms with Crippen LogP contribution in [0, 0.1) is 11.3 Å². The highest BCUT2D eigenvalue weighted by atomic mass is 16.4. The van der Waals surface area contributed by atoms with Crippen LogP contribution < -0.4 is 5.32 Å². The lowest BCUT2D eigenvalue weighted by Gasteiger charge is -2.07. The maximum atomic E-state index is 12.1. The van der Waals surface area contributed by atoms with Crippen molar-refractivity contribution in [1.29, 1.82) is 5.26 Å². The van der Waals surface area contributed by atoms with Crippen LogP contribution in [0.2, 0.25) is 0 Å². The van der Waals surface area contributed by atoms with Crippen molar-refractivity contribution in [3.63, 3.8) is 0 Å². The molecule has 2 rings (SSSR count). The first kappa shape index (κ1) is 15.3. The van der Waals surface area contributed by atoms with Gasteiger partial charge in [0.2, 0.25) is 0 Å². The van der Waals surface area contributed by atoms with Gasteiger partial charge in [-0.3, -0.25) is 4.79 Å². The molecule has 0 aliphatic carbocycles. The maximum absolute atomic E-state index is 12.1. The fraction of sp³-hybridized carbons (Fsp3) is 0.118. The summed E-state index contributed by atoms with van der Waals surface area (Å²) in [5.41, 5.74) is 2.15. The highest BCUT2D eigenvalue weighted by molar-refractivity contribution is 5.94. The Hall–Kier alpha value is -3.13. The number of hydrogen-bond acceptors (Lipinski definition) is 3. The lowest BCUT2D eigenvalue weighted by Crippen LogP contribution is -2.23. The summed E-state index contributed by atoms with van der Waals surface area (Å²) in [5, 5.41) is 20.3. The molecular formula is C17H14N2O3. The molecule has 0 aromatic heterocycles. The number of benzene rings is 2. The molecule has 2 aromatic carbocycles. The molecule has 22 heavy (non-hydrogen) atoms. The van der Waals surface area contributed by atoms with E-state index in [-0.39, 0.29) is 24.4 Å². The van der Waals surface area contributed by atoms with Crippen molar-refractivity contribution in [1.82, 2.24) is 5.32 Å². The lowest BCUT2D eigenvalue weighted by molar-refractivity contribution is 0.0696. The van der Waals surface area contributed by atoms with Gasteiger partial charge in [0.05, 0.1) is 18.1 Å². The highest BCUT2D eigenvalue weighted by Crippen LogP contribution is 2.08. The van der Waals surface area contributed by atoms with Crippen LogP contribution in [-0.4, -0.2) is 17.0 Å². The van der Waals surface area contributed by atoms with Gasteiger partial charge in [0.25, 0.3) is 5.91 Å². The minimum Gasteiger partial charge on any atom is -0.478 e. The summed E-state index contributed by atoms with van der Waals surface area (Å²) in [6.45, 7) is 0.239. The Morgan fingerprint density at radius 1 is 1.05 bits per heavy atom. The third-order valence-corrected chi connectivity index (χ3v) is 3.10. The Labute approximate surface area is 127 Å². The summed E-state index contributed by atoms with van der Waals surface area (Å²) in [6.07, 6.45) is 0.252. The van der Waals surface area contributed by atoms with Gasteiger partial charge in [-0.05, 0) is 35.4 Å². The van der Waals surface area contributed by atoms with Gasteiger partial charge >= 0.3 is 5.97 Å². The number of carboxylic acid groups (broad SMARTS) is 1. The Morgan fingerprint density at radius 2 is 1.68 bits per heavy atom. The highest BCUT2D eigenvalue weighted by Gasteiger charge is 2.07. The van der Waals surface area contributed by atoms with Gasteiger partial charge in [0, 0.05) is 12.1 Å². The Bertz CT molecular complexity index is 748. The molecule has 1 amide bonds. The van der Waals surface area contributed by atoms with E-state index in [9.17, 15) is 9.59 Å². The molecule has 0 aliphatic rings. The van der Waals surface area contributed by atoms with Crippen molar-refractivity contribution in [2.75, 3.05) is 0 Å². The lowest BCUT2D eigenvalue weighted by atomic mass is 10.1. The number of carboxylic acids is 1. The normalized spacial score (nSPS) is 9.77. The van der Waals surface area contributed by atoms with Crippen LogP contribution in [0.15, 0.2) is 48.5 Å². The standard InChI is InChI=1S/C17H14N2O3/c18-8-7-12-3-1-5-14(9-12)16(20)19-11-13-4-2-6-15(10-13)17(21)22/h1-6,9-10H,7,11H2,(H,19,20)(H,21,22). The van der Waals surface area contributed by atoms with Gasteiger partial charge in [-0.15, -0.1) is 0 Å². The Balaban J connectivity index is 2.04. The molecule has 0 saturated heterocycles. The molecule has 0 radical (unpaired) electrons. The van der Waals surface area contributed by atoms with Gasteiger partial charge < -0.3 is 10.4 Å². The number of nitriles is 1. The van der Waals surface area contributed by atoms with Crippen LogP contribution in [0.5, 0.6) is 0 Å². The summed E-state index contributed by atoms with van der Waals surface area (Å²) in [7, 11) is 0. The zero-order valence-corrected chi connectivity index (χ0v) is 11.7. The summed E-state index contributed by atoms with van der Waals surface area (Å²) < 4.78 is 0. The number of hydrogen-bond donors (Lipinski definition) is 2. The number of carbonyl (C=O) groups excluding carboxylic acids is 1. The average molecular weight is 294 g/mol. The molecule has 0 aliphatic heterocycles. The summed E-state index contributed by atoms with van der Waals surface area (Å²) in [6, 6.07) is 15.3. The zero-order chi connectivity index (χ0) is 15.9. The molecule has 2 N–H and O–H groups in total. The molecule has 2 aromatic rings. The van der Waals surface area contributed by atoms with Crippen molar-refractivity contribution in [3.8, 4) is 6.07 Å². The quantitative estimate of drug-likeness (QED) is 0.885. The molecule has 0 atom stereocenters. The SMILES string of the molecule is N#CCc1cccc(C(=O)NCc2cccc(C(=O)O)c2)c1. The van der Waals surface area contributed by atoms with E-state index in [2.05, 4.69) is 5.32 Å². The smallest absolute Gasteiger partial charge is 0.335 e. The minimum atomic E-state index is -1.00. The Morgan fingerprint density at radius 3 is 2.36 bits per heavy atom. The van der Waals surface area contributed by atoms with Gasteiger partial charge in [-0.1, -0.05) is 24.3 Å². The van der Waals surface area contributed by atoms with E-state index in [0.717, 1.165) is 5.56 Å². The number of aromatic carboxylic acids is 1. The Kier molecular flexibility index (Phi) is 4.89. The third kappa shape index (κ3) is 3.93. The molecule has 0 bridgehead atoms. The van der Waals surface area contributed by atoms with Crippen molar-refractivity contribution in [2.45, 2.75) is 13.0 Å². The van der Waals surface area contributed by atoms with Gasteiger partial charge in [-0.25, -0.2) is 4.79 Å². The van der Waals surface area contributed by atoms with E-state index in [1.165, 1.54) is 12.1 Å². The van der Waals surface area contributed by atoms with E-state index in [4.69, 9.17) is 10.4 Å². The van der Waals surface area contributed by atoms with Crippen LogP contribution in [-0.2, 0) is 13.0 Å². The topological polar surface area (TPSA) is 90.2 Å². The predicted octanol–water partition coefficient (Wildman–Crippen LogP) is 2.38. The van der Waals surface area contributed by atoms with E-state index < -0.39 is 5.97 Å². The van der Waals surface area contributed by atoms with Gasteiger partial charge in [-0.2, -0.15) is 5.26 Å². The monoisotopic (exact) mass is 294 g/mol. The molecule has 0 spiro atoms. The van der Waals surface area contributed by atoms with E-state index >= 15 is 0 Å². The summed E-state index contributed by atoms with van der Waals surface area (Å²) in [5.74, 6) is -1.27. The van der Waals surface area contributed by atoms with E-state index in [1.807, 2.05) is 6.07 Å². The molecule has 0 fully saturated rings. The third-order valence-electron chi connectivity index (χ3n) is 3.10. The molecule has 5 nitrogen and oxygen atoms in total. The fourth-order valence-electron chi connectivity index (χ4n) is 2.01. The van der Waals surface area contributed by atoms with Crippen LogP contribution in [0.4, 0.5) is 0 Å². The zero-order valence-electron chi connectivity index (χ0n) is 11.7. The van der Waals surface area contributed by atoms with Crippen molar-refractivity contribution >= 4 is 11.9 Å². The minimum absolute atomic E-state index is 0.183. The summed E-state index contributed by atoms with van der Waals surface area (Å²) >= 11 is 0. The molecule has 0 saturated carbocycles. The predicted molar refractivity (Wildman–Crippen MR) is 80.3 cm³/mol. The largest absolute Gasteiger partial charge is 0.478 e. The van der Waals surface area contributed by atoms with Crippen LogP contribution in [0.25, 0.3) is 0 Å². The second-order valence-electron chi connectivity index (χ2n) is 4.72. The van der Waals surface area contributed by atoms with E-state index in [0.29, 0.717) is 11.1 Å². The fourth-order valence-corrected chi connectivity index (χ4v) is 2.01. The van der Waals surface area contributed by atoms with Crippen LogP contribution in [0.1, 0.15) is 31.8 Å². The first-order valence-electron chi connectivity index (χ1n) is 6.66. The van der Waals surface area contributed by atoms with Gasteiger partial charge in [0.1, 0.15) is 0 Å². The molecule has 5 heteroatoms. The number of rotatable bonds is 5. The second-order valence-corrected chi connectivity index (χ2v) is 4.72. The first-order valence-corrected chi connectivity index (χ1v) is 6.66. The second kappa shape index (κ2) is 7.04. The van der Waals surface area contributed by atoms with Crippen molar-refractivity contribution < 1.29 is 14.7 Å². The van der Waals surface area contributed by atoms with Gasteiger partial charge in [0.15, 0.2) is 0 Å². The molecule has 110 valence electrons. The first-order chi connectivity index (χ1) is 10.6. The maximum Gasteiger partial charge on any atom is 0.335 e. The molecular weight excluding hydrogens is 280 g/mol. The number of carbonyl (C=O) groups is 2. The van der Waals surface area contributed by atoms with Crippen LogP contribution in [0.3, 0.4) is 0 Å². The van der Waals surface area contributed by atoms with Crippen molar-refractivity contribution in [2.24, 2.45) is 0 Å². The summed E-state index contributed by atoms with van der Waals surface area (Å²) in [4.78, 5) is 23.0. The number of nitrogens with one attached hydrogen (secondary N) is 1. The number of amides is 1. The van der Waals surface area contributed by atoms with Crippen molar-refractivity contribution in [3.05, 3.63) is 70.8 Å². The average Bonchev–Trinajstić information content (AvgIpc) is 2.53. The number of nitrogens with zero attached hydrogens (tertiary/aromatic N) is 1. The molecule has 0 unspecified atom stereocenters. The van der Waals surface area contributed by atoms with E-state index in [1.54, 1.807) is 36.4 Å². The molecule has 0 heterocycles. The van der Waals surface area contributed by atoms with Crippen LogP contribution >= 0.6 is 0 Å².